The molecule has 0 spiro atoms. The number of hydrogen-bond acceptors (Lipinski definition) is 3. The van der Waals surface area contributed by atoms with Crippen LogP contribution < -0.4 is 0 Å². The van der Waals surface area contributed by atoms with Crippen molar-refractivity contribution in [3.63, 3.8) is 0 Å². The SMILES string of the molecule is COC(=O)C1(C)CC(=O)C1. The summed E-state index contributed by atoms with van der Waals surface area (Å²) in [6.45, 7) is 1.75. The summed E-state index contributed by atoms with van der Waals surface area (Å²) < 4.78 is 4.51. The van der Waals surface area contributed by atoms with Gasteiger partial charge < -0.3 is 4.74 Å². The third-order valence-electron chi connectivity index (χ3n) is 1.85. The number of hydrogen-bond donors (Lipinski definition) is 0. The van der Waals surface area contributed by atoms with Gasteiger partial charge >= 0.3 is 5.97 Å². The first-order chi connectivity index (χ1) is 4.58. The van der Waals surface area contributed by atoms with Gasteiger partial charge in [-0.05, 0) is 6.92 Å². The molecule has 3 heteroatoms. The summed E-state index contributed by atoms with van der Waals surface area (Å²) in [6, 6.07) is 0. The van der Waals surface area contributed by atoms with Crippen molar-refractivity contribution >= 4 is 11.8 Å². The van der Waals surface area contributed by atoms with E-state index in [9.17, 15) is 9.59 Å². The Hall–Kier alpha value is -0.860. The van der Waals surface area contributed by atoms with Crippen LogP contribution in [-0.2, 0) is 14.3 Å². The number of ether oxygens (including phenoxy) is 1. The number of esters is 1. The Morgan fingerprint density at radius 1 is 1.60 bits per heavy atom. The van der Waals surface area contributed by atoms with Gasteiger partial charge in [-0.3, -0.25) is 9.59 Å². The van der Waals surface area contributed by atoms with E-state index < -0.39 is 5.41 Å². The minimum atomic E-state index is -0.508. The molecule has 0 heterocycles. The highest BCUT2D eigenvalue weighted by atomic mass is 16.5. The molecule has 0 aromatic carbocycles. The second kappa shape index (κ2) is 2.08. The number of rotatable bonds is 1. The zero-order valence-electron chi connectivity index (χ0n) is 6.14. The van der Waals surface area contributed by atoms with Gasteiger partial charge in [0.2, 0.25) is 0 Å². The smallest absolute Gasteiger partial charge is 0.312 e. The molecule has 0 aromatic heterocycles. The molecule has 0 aromatic rings. The Balaban J connectivity index is 2.56. The molecule has 1 fully saturated rings. The van der Waals surface area contributed by atoms with Crippen LogP contribution in [0, 0.1) is 5.41 Å². The van der Waals surface area contributed by atoms with Crippen molar-refractivity contribution in [2.24, 2.45) is 5.41 Å². The molecule has 1 aliphatic rings. The highest BCUT2D eigenvalue weighted by Crippen LogP contribution is 2.38. The van der Waals surface area contributed by atoms with Crippen molar-refractivity contribution in [1.29, 1.82) is 0 Å². The zero-order valence-corrected chi connectivity index (χ0v) is 6.14. The van der Waals surface area contributed by atoms with Gasteiger partial charge in [0.25, 0.3) is 0 Å². The van der Waals surface area contributed by atoms with Crippen LogP contribution in [0.3, 0.4) is 0 Å². The second-order valence-corrected chi connectivity index (χ2v) is 2.94. The van der Waals surface area contributed by atoms with Crippen molar-refractivity contribution < 1.29 is 14.3 Å². The van der Waals surface area contributed by atoms with Crippen LogP contribution in [0.5, 0.6) is 0 Å². The fourth-order valence-corrected chi connectivity index (χ4v) is 1.21. The third kappa shape index (κ3) is 0.916. The van der Waals surface area contributed by atoms with Crippen molar-refractivity contribution in [2.45, 2.75) is 19.8 Å². The van der Waals surface area contributed by atoms with Crippen molar-refractivity contribution in [1.82, 2.24) is 0 Å². The van der Waals surface area contributed by atoms with Crippen LogP contribution in [0.2, 0.25) is 0 Å². The summed E-state index contributed by atoms with van der Waals surface area (Å²) in [5.74, 6) is -0.125. The van der Waals surface area contributed by atoms with Gasteiger partial charge in [-0.2, -0.15) is 0 Å². The summed E-state index contributed by atoms with van der Waals surface area (Å²) in [5, 5.41) is 0. The first kappa shape index (κ1) is 7.25. The first-order valence-corrected chi connectivity index (χ1v) is 3.18. The molecule has 0 bridgehead atoms. The fraction of sp³-hybridized carbons (Fsp3) is 0.714. The maximum absolute atomic E-state index is 10.9. The predicted molar refractivity (Wildman–Crippen MR) is 34.4 cm³/mol. The Kier molecular flexibility index (Phi) is 1.50. The van der Waals surface area contributed by atoms with Crippen LogP contribution in [0.1, 0.15) is 19.8 Å². The summed E-state index contributed by atoms with van der Waals surface area (Å²) in [7, 11) is 1.34. The number of Topliss-reactive ketones (excluding diaryl/α,β-unsaturated/α-hetero) is 1. The molecule has 10 heavy (non-hydrogen) atoms. The second-order valence-electron chi connectivity index (χ2n) is 2.94. The number of ketones is 1. The third-order valence-corrected chi connectivity index (χ3v) is 1.85. The van der Waals surface area contributed by atoms with Crippen LogP contribution in [0.4, 0.5) is 0 Å². The Labute approximate surface area is 59.4 Å². The molecular weight excluding hydrogens is 132 g/mol. The standard InChI is InChI=1S/C7H10O3/c1-7(6(9)10-2)3-5(8)4-7/h3-4H2,1-2H3. The van der Waals surface area contributed by atoms with E-state index in [1.165, 1.54) is 7.11 Å². The molecule has 0 atom stereocenters. The van der Waals surface area contributed by atoms with E-state index in [2.05, 4.69) is 4.74 Å². The van der Waals surface area contributed by atoms with Gasteiger partial charge in [0, 0.05) is 12.8 Å². The predicted octanol–water partition coefficient (Wildman–Crippen LogP) is 0.529. The molecule has 0 N–H and O–H groups in total. The number of carbonyl (C=O) groups is 2. The van der Waals surface area contributed by atoms with Crippen LogP contribution in [0.15, 0.2) is 0 Å². The van der Waals surface area contributed by atoms with Crippen molar-refractivity contribution in [2.75, 3.05) is 7.11 Å². The monoisotopic (exact) mass is 142 g/mol. The average molecular weight is 142 g/mol. The molecule has 3 nitrogen and oxygen atoms in total. The lowest BCUT2D eigenvalue weighted by atomic mass is 9.69. The first-order valence-electron chi connectivity index (χ1n) is 3.18. The number of carbonyl (C=O) groups excluding carboxylic acids is 2. The van der Waals surface area contributed by atoms with Crippen LogP contribution >= 0.6 is 0 Å². The molecule has 56 valence electrons. The highest BCUT2D eigenvalue weighted by Gasteiger charge is 2.46. The molecule has 0 saturated heterocycles. The van der Waals surface area contributed by atoms with E-state index in [1.807, 2.05) is 0 Å². The van der Waals surface area contributed by atoms with Gasteiger partial charge in [0.05, 0.1) is 12.5 Å². The Morgan fingerprint density at radius 3 is 2.40 bits per heavy atom. The van der Waals surface area contributed by atoms with Gasteiger partial charge in [-0.15, -0.1) is 0 Å². The quantitative estimate of drug-likeness (QED) is 0.501. The molecule has 1 aliphatic carbocycles. The van der Waals surface area contributed by atoms with Crippen LogP contribution in [0.25, 0.3) is 0 Å². The summed E-state index contributed by atoms with van der Waals surface area (Å²) in [6.07, 6.45) is 0.694. The molecule has 0 amide bonds. The average Bonchev–Trinajstić information content (AvgIpc) is 1.83. The minimum Gasteiger partial charge on any atom is -0.469 e. The van der Waals surface area contributed by atoms with Gasteiger partial charge in [0.1, 0.15) is 5.78 Å². The highest BCUT2D eigenvalue weighted by molar-refractivity contribution is 5.97. The van der Waals surface area contributed by atoms with E-state index in [4.69, 9.17) is 0 Å². The molecule has 0 unspecified atom stereocenters. The topological polar surface area (TPSA) is 43.4 Å². The van der Waals surface area contributed by atoms with Gasteiger partial charge in [-0.1, -0.05) is 0 Å². The summed E-state index contributed by atoms with van der Waals surface area (Å²) in [4.78, 5) is 21.4. The lowest BCUT2D eigenvalue weighted by Gasteiger charge is -2.33. The zero-order chi connectivity index (χ0) is 7.78. The lowest BCUT2D eigenvalue weighted by molar-refractivity contribution is -0.161. The van der Waals surface area contributed by atoms with E-state index in [0.717, 1.165) is 0 Å². The molecule has 1 saturated carbocycles. The normalized spacial score (nSPS) is 21.6. The van der Waals surface area contributed by atoms with E-state index >= 15 is 0 Å². The van der Waals surface area contributed by atoms with E-state index in [0.29, 0.717) is 12.8 Å². The summed E-state index contributed by atoms with van der Waals surface area (Å²) in [5.41, 5.74) is -0.508. The molecular formula is C7H10O3. The molecule has 0 aliphatic heterocycles. The number of methoxy groups -OCH3 is 1. The molecule has 1 rings (SSSR count). The van der Waals surface area contributed by atoms with E-state index in [1.54, 1.807) is 6.92 Å². The molecule has 0 radical (unpaired) electrons. The van der Waals surface area contributed by atoms with Crippen LogP contribution in [-0.4, -0.2) is 18.9 Å². The Morgan fingerprint density at radius 2 is 2.10 bits per heavy atom. The van der Waals surface area contributed by atoms with E-state index in [-0.39, 0.29) is 11.8 Å². The minimum absolute atomic E-state index is 0.146. The maximum Gasteiger partial charge on any atom is 0.312 e. The van der Waals surface area contributed by atoms with Crippen molar-refractivity contribution in [3.05, 3.63) is 0 Å². The Bertz CT molecular complexity index is 175. The maximum atomic E-state index is 10.9. The van der Waals surface area contributed by atoms with Crippen molar-refractivity contribution in [3.8, 4) is 0 Å². The largest absolute Gasteiger partial charge is 0.469 e. The lowest BCUT2D eigenvalue weighted by Crippen LogP contribution is -2.42. The summed E-state index contributed by atoms with van der Waals surface area (Å²) >= 11 is 0. The fourth-order valence-electron chi connectivity index (χ4n) is 1.21. The van der Waals surface area contributed by atoms with Gasteiger partial charge in [-0.25, -0.2) is 0 Å². The van der Waals surface area contributed by atoms with Gasteiger partial charge in [0.15, 0.2) is 0 Å².